The standard InChI is InChI=1S/C22H23NO4/c24-21(23-12-19(15-10-11-15)20(13-23)22(25)26)18-9-5-4-6-16(18)14-27-17-7-2-1-3-8-17/h1-9,15,19-20H,10-14H2,(H,25,26)/t19-,20+/m1/s1. The smallest absolute Gasteiger partial charge is 0.308 e. The lowest BCUT2D eigenvalue weighted by molar-refractivity contribution is -0.142. The minimum absolute atomic E-state index is 0.0826. The van der Waals surface area contributed by atoms with Gasteiger partial charge < -0.3 is 14.7 Å². The molecule has 0 radical (unpaired) electrons. The van der Waals surface area contributed by atoms with Crippen LogP contribution in [0.2, 0.25) is 0 Å². The van der Waals surface area contributed by atoms with Gasteiger partial charge in [-0.25, -0.2) is 0 Å². The largest absolute Gasteiger partial charge is 0.489 e. The number of para-hydroxylation sites is 1. The van der Waals surface area contributed by atoms with Gasteiger partial charge in [-0.1, -0.05) is 36.4 Å². The van der Waals surface area contributed by atoms with Gasteiger partial charge in [0.25, 0.3) is 5.91 Å². The normalized spacial score (nSPS) is 21.9. The van der Waals surface area contributed by atoms with E-state index < -0.39 is 11.9 Å². The van der Waals surface area contributed by atoms with Gasteiger partial charge >= 0.3 is 5.97 Å². The number of carbonyl (C=O) groups is 2. The van der Waals surface area contributed by atoms with Crippen LogP contribution in [0.25, 0.3) is 0 Å². The first kappa shape index (κ1) is 17.6. The average molecular weight is 365 g/mol. The lowest BCUT2D eigenvalue weighted by Crippen LogP contribution is -2.30. The maximum atomic E-state index is 13.1. The van der Waals surface area contributed by atoms with Crippen LogP contribution in [-0.4, -0.2) is 35.0 Å². The molecular formula is C22H23NO4. The van der Waals surface area contributed by atoms with Gasteiger partial charge in [0.05, 0.1) is 5.92 Å². The van der Waals surface area contributed by atoms with E-state index in [-0.39, 0.29) is 11.8 Å². The van der Waals surface area contributed by atoms with Crippen molar-refractivity contribution in [1.29, 1.82) is 0 Å². The molecule has 0 unspecified atom stereocenters. The minimum atomic E-state index is -0.789. The minimum Gasteiger partial charge on any atom is -0.489 e. The molecule has 5 heteroatoms. The number of amides is 1. The summed E-state index contributed by atoms with van der Waals surface area (Å²) in [5.74, 6) is -0.0471. The fourth-order valence-electron chi connectivity index (χ4n) is 3.96. The van der Waals surface area contributed by atoms with Crippen molar-refractivity contribution >= 4 is 11.9 Å². The molecule has 1 N–H and O–H groups in total. The first-order chi connectivity index (χ1) is 13.1. The van der Waals surface area contributed by atoms with Gasteiger partial charge in [0.15, 0.2) is 0 Å². The van der Waals surface area contributed by atoms with E-state index in [1.807, 2.05) is 48.5 Å². The SMILES string of the molecule is O=C(O)[C@H]1CN(C(=O)c2ccccc2COc2ccccc2)C[C@@H]1C1CC1. The molecule has 27 heavy (non-hydrogen) atoms. The number of carboxylic acids is 1. The summed E-state index contributed by atoms with van der Waals surface area (Å²) in [5.41, 5.74) is 1.40. The second-order valence-corrected chi connectivity index (χ2v) is 7.42. The van der Waals surface area contributed by atoms with Crippen LogP contribution in [-0.2, 0) is 11.4 Å². The summed E-state index contributed by atoms with van der Waals surface area (Å²) >= 11 is 0. The zero-order valence-electron chi connectivity index (χ0n) is 15.1. The third kappa shape index (κ3) is 3.82. The van der Waals surface area contributed by atoms with Gasteiger partial charge in [-0.15, -0.1) is 0 Å². The summed E-state index contributed by atoms with van der Waals surface area (Å²) < 4.78 is 5.81. The van der Waals surface area contributed by atoms with Gasteiger partial charge in [0.1, 0.15) is 12.4 Å². The number of hydrogen-bond donors (Lipinski definition) is 1. The Morgan fingerprint density at radius 2 is 1.70 bits per heavy atom. The summed E-state index contributed by atoms with van der Waals surface area (Å²) in [6.07, 6.45) is 2.16. The van der Waals surface area contributed by atoms with Crippen molar-refractivity contribution in [2.24, 2.45) is 17.8 Å². The summed E-state index contributed by atoms with van der Waals surface area (Å²) in [5, 5.41) is 9.54. The van der Waals surface area contributed by atoms with Gasteiger partial charge in [-0.2, -0.15) is 0 Å². The fraction of sp³-hybridized carbons (Fsp3) is 0.364. The predicted octanol–water partition coefficient (Wildman–Crippen LogP) is 3.45. The van der Waals surface area contributed by atoms with E-state index in [1.165, 1.54) is 0 Å². The highest BCUT2D eigenvalue weighted by Gasteiger charge is 2.47. The molecule has 1 amide bonds. The number of ether oxygens (including phenoxy) is 1. The molecule has 5 nitrogen and oxygen atoms in total. The molecule has 4 rings (SSSR count). The zero-order chi connectivity index (χ0) is 18.8. The van der Waals surface area contributed by atoms with Crippen LogP contribution >= 0.6 is 0 Å². The number of nitrogens with zero attached hydrogens (tertiary/aromatic N) is 1. The molecule has 1 saturated carbocycles. The lowest BCUT2D eigenvalue weighted by atomic mass is 9.92. The van der Waals surface area contributed by atoms with E-state index in [9.17, 15) is 14.7 Å². The van der Waals surface area contributed by atoms with Crippen LogP contribution in [0.1, 0.15) is 28.8 Å². The van der Waals surface area contributed by atoms with Crippen LogP contribution in [0.3, 0.4) is 0 Å². The fourth-order valence-corrected chi connectivity index (χ4v) is 3.96. The highest BCUT2D eigenvalue weighted by molar-refractivity contribution is 5.96. The zero-order valence-corrected chi connectivity index (χ0v) is 15.1. The number of aliphatic carboxylic acids is 1. The molecule has 0 spiro atoms. The van der Waals surface area contributed by atoms with Crippen molar-refractivity contribution in [3.8, 4) is 5.75 Å². The Hall–Kier alpha value is -2.82. The molecule has 1 heterocycles. The van der Waals surface area contributed by atoms with Crippen molar-refractivity contribution in [2.75, 3.05) is 13.1 Å². The van der Waals surface area contributed by atoms with Crippen molar-refractivity contribution < 1.29 is 19.4 Å². The van der Waals surface area contributed by atoms with E-state index in [4.69, 9.17) is 4.74 Å². The number of likely N-dealkylation sites (tertiary alicyclic amines) is 1. The summed E-state index contributed by atoms with van der Waals surface area (Å²) in [6.45, 7) is 1.13. The first-order valence-electron chi connectivity index (χ1n) is 9.41. The Bertz CT molecular complexity index is 831. The Labute approximate surface area is 158 Å². The number of hydrogen-bond acceptors (Lipinski definition) is 3. The summed E-state index contributed by atoms with van der Waals surface area (Å²) in [4.78, 5) is 26.4. The highest BCUT2D eigenvalue weighted by Crippen LogP contribution is 2.44. The molecule has 2 aromatic carbocycles. The van der Waals surface area contributed by atoms with Gasteiger partial charge in [-0.3, -0.25) is 9.59 Å². The maximum Gasteiger partial charge on any atom is 0.308 e. The van der Waals surface area contributed by atoms with Crippen LogP contribution in [0, 0.1) is 17.8 Å². The first-order valence-corrected chi connectivity index (χ1v) is 9.41. The molecule has 2 aliphatic rings. The van der Waals surface area contributed by atoms with Crippen molar-refractivity contribution in [2.45, 2.75) is 19.4 Å². The van der Waals surface area contributed by atoms with Crippen molar-refractivity contribution in [1.82, 2.24) is 4.90 Å². The Balaban J connectivity index is 1.49. The lowest BCUT2D eigenvalue weighted by Gasteiger charge is -2.18. The Morgan fingerprint density at radius 3 is 2.41 bits per heavy atom. The number of carbonyl (C=O) groups excluding carboxylic acids is 1. The van der Waals surface area contributed by atoms with Crippen molar-refractivity contribution in [3.63, 3.8) is 0 Å². The number of carboxylic acid groups (broad SMARTS) is 1. The topological polar surface area (TPSA) is 66.8 Å². The molecule has 0 aromatic heterocycles. The average Bonchev–Trinajstić information content (AvgIpc) is 3.44. The molecule has 1 aliphatic heterocycles. The molecule has 2 atom stereocenters. The Morgan fingerprint density at radius 1 is 1.00 bits per heavy atom. The molecule has 2 fully saturated rings. The summed E-state index contributed by atoms with van der Waals surface area (Å²) in [7, 11) is 0. The van der Waals surface area contributed by atoms with Crippen LogP contribution in [0.15, 0.2) is 54.6 Å². The van der Waals surface area contributed by atoms with E-state index in [0.717, 1.165) is 24.2 Å². The van der Waals surface area contributed by atoms with E-state index in [0.29, 0.717) is 31.2 Å². The van der Waals surface area contributed by atoms with Gasteiger partial charge in [0, 0.05) is 24.2 Å². The molecule has 1 aliphatic carbocycles. The molecule has 1 saturated heterocycles. The molecule has 140 valence electrons. The van der Waals surface area contributed by atoms with Crippen molar-refractivity contribution in [3.05, 3.63) is 65.7 Å². The molecule has 2 aromatic rings. The number of benzene rings is 2. The van der Waals surface area contributed by atoms with E-state index >= 15 is 0 Å². The molecule has 0 bridgehead atoms. The Kier molecular flexibility index (Phi) is 4.84. The third-order valence-corrected chi connectivity index (χ3v) is 5.58. The van der Waals surface area contributed by atoms with Gasteiger partial charge in [0.2, 0.25) is 0 Å². The quantitative estimate of drug-likeness (QED) is 0.851. The van der Waals surface area contributed by atoms with Crippen LogP contribution in [0.5, 0.6) is 5.75 Å². The number of rotatable bonds is 6. The second kappa shape index (κ2) is 7.43. The monoisotopic (exact) mass is 365 g/mol. The van der Waals surface area contributed by atoms with Gasteiger partial charge in [-0.05, 0) is 42.9 Å². The maximum absolute atomic E-state index is 13.1. The highest BCUT2D eigenvalue weighted by atomic mass is 16.5. The molecular weight excluding hydrogens is 342 g/mol. The van der Waals surface area contributed by atoms with Crippen LogP contribution < -0.4 is 4.74 Å². The third-order valence-electron chi connectivity index (χ3n) is 5.58. The van der Waals surface area contributed by atoms with E-state index in [2.05, 4.69) is 0 Å². The van der Waals surface area contributed by atoms with Crippen LogP contribution in [0.4, 0.5) is 0 Å². The second-order valence-electron chi connectivity index (χ2n) is 7.42. The van der Waals surface area contributed by atoms with E-state index in [1.54, 1.807) is 11.0 Å². The summed E-state index contributed by atoms with van der Waals surface area (Å²) in [6, 6.07) is 16.9. The predicted molar refractivity (Wildman–Crippen MR) is 100 cm³/mol.